The van der Waals surface area contributed by atoms with Crippen molar-refractivity contribution in [3.05, 3.63) is 54.1 Å². The van der Waals surface area contributed by atoms with E-state index in [4.69, 9.17) is 14.2 Å². The van der Waals surface area contributed by atoms with Crippen molar-refractivity contribution in [2.45, 2.75) is 50.7 Å². The average molecular weight is 469 g/mol. The van der Waals surface area contributed by atoms with Crippen LogP contribution in [0.1, 0.15) is 50.2 Å². The third-order valence-electron chi connectivity index (χ3n) is 6.35. The van der Waals surface area contributed by atoms with Crippen LogP contribution in [0, 0.1) is 0 Å². The molecule has 2 N–H and O–H groups in total. The molecule has 1 saturated heterocycles. The maximum Gasteiger partial charge on any atom is 0.220 e. The van der Waals surface area contributed by atoms with Crippen molar-refractivity contribution < 1.29 is 24.1 Å². The molecule has 0 spiro atoms. The number of hydrogen-bond donors (Lipinski definition) is 2. The van der Waals surface area contributed by atoms with Gasteiger partial charge in [-0.25, -0.2) is 0 Å². The predicted octanol–water partition coefficient (Wildman–Crippen LogP) is 3.71. The Bertz CT molecular complexity index is 901. The fraction of sp³-hybridized carbons (Fsp3) is 0.519. The van der Waals surface area contributed by atoms with Gasteiger partial charge in [0.25, 0.3) is 0 Å². The van der Waals surface area contributed by atoms with Gasteiger partial charge in [-0.05, 0) is 75.0 Å². The molecule has 2 unspecified atom stereocenters. The first-order valence-electron chi connectivity index (χ1n) is 12.5. The third-order valence-corrected chi connectivity index (χ3v) is 6.35. The summed E-state index contributed by atoms with van der Waals surface area (Å²) in [5.41, 5.74) is 0.729. The Labute approximate surface area is 202 Å². The number of ether oxygens (including phenoxy) is 3. The van der Waals surface area contributed by atoms with Crippen LogP contribution >= 0.6 is 0 Å². The molecular formula is C27H36N2O5. The molecule has 0 saturated carbocycles. The summed E-state index contributed by atoms with van der Waals surface area (Å²) in [5, 5.41) is 14.3. The second kappa shape index (κ2) is 12.6. The molecule has 7 nitrogen and oxygen atoms in total. The molecule has 2 aromatic carbocycles. The largest absolute Gasteiger partial charge is 0.494 e. The lowest BCUT2D eigenvalue weighted by Gasteiger charge is -2.29. The minimum Gasteiger partial charge on any atom is -0.494 e. The van der Waals surface area contributed by atoms with Gasteiger partial charge in [-0.1, -0.05) is 24.3 Å². The number of nitrogens with one attached hydrogen (secondary N) is 1. The SMILES string of the molecule is O=C(CCCCCOc1ccccc1)NC(CN1CCCC1)C(O)c1ccc2c(c1)OCCO2. The highest BCUT2D eigenvalue weighted by Crippen LogP contribution is 2.33. The van der Waals surface area contributed by atoms with E-state index in [-0.39, 0.29) is 11.9 Å². The zero-order chi connectivity index (χ0) is 23.6. The summed E-state index contributed by atoms with van der Waals surface area (Å²) in [6.45, 7) is 4.30. The third kappa shape index (κ3) is 7.11. The second-order valence-electron chi connectivity index (χ2n) is 9.00. The van der Waals surface area contributed by atoms with Crippen LogP contribution in [-0.4, -0.2) is 61.4 Å². The van der Waals surface area contributed by atoms with Crippen LogP contribution in [0.5, 0.6) is 17.2 Å². The molecule has 2 atom stereocenters. The van der Waals surface area contributed by atoms with Crippen LogP contribution in [0.15, 0.2) is 48.5 Å². The number of carbonyl (C=O) groups excluding carboxylic acids is 1. The van der Waals surface area contributed by atoms with Crippen molar-refractivity contribution in [1.29, 1.82) is 0 Å². The molecule has 34 heavy (non-hydrogen) atoms. The molecule has 4 rings (SSSR count). The Morgan fingerprint density at radius 3 is 2.56 bits per heavy atom. The highest BCUT2D eigenvalue weighted by molar-refractivity contribution is 5.76. The van der Waals surface area contributed by atoms with Gasteiger partial charge in [-0.15, -0.1) is 0 Å². The van der Waals surface area contributed by atoms with Crippen molar-refractivity contribution in [2.75, 3.05) is 39.5 Å². The molecule has 184 valence electrons. The topological polar surface area (TPSA) is 80.3 Å². The lowest BCUT2D eigenvalue weighted by Crippen LogP contribution is -2.46. The molecule has 0 radical (unpaired) electrons. The van der Waals surface area contributed by atoms with Crippen LogP contribution in [0.2, 0.25) is 0 Å². The molecule has 2 aliphatic rings. The number of benzene rings is 2. The van der Waals surface area contributed by atoms with E-state index in [1.54, 1.807) is 0 Å². The van der Waals surface area contributed by atoms with Gasteiger partial charge in [0.2, 0.25) is 5.91 Å². The number of carbonyl (C=O) groups is 1. The van der Waals surface area contributed by atoms with Crippen LogP contribution < -0.4 is 19.5 Å². The van der Waals surface area contributed by atoms with Crippen molar-refractivity contribution in [3.8, 4) is 17.2 Å². The summed E-state index contributed by atoms with van der Waals surface area (Å²) in [4.78, 5) is 15.0. The van der Waals surface area contributed by atoms with Gasteiger partial charge in [0.15, 0.2) is 11.5 Å². The van der Waals surface area contributed by atoms with Gasteiger partial charge in [0.1, 0.15) is 25.1 Å². The summed E-state index contributed by atoms with van der Waals surface area (Å²) < 4.78 is 17.0. The van der Waals surface area contributed by atoms with E-state index in [1.807, 2.05) is 48.5 Å². The molecule has 2 heterocycles. The second-order valence-corrected chi connectivity index (χ2v) is 9.00. The predicted molar refractivity (Wildman–Crippen MR) is 130 cm³/mol. The summed E-state index contributed by atoms with van der Waals surface area (Å²) in [7, 11) is 0. The van der Waals surface area contributed by atoms with Crippen molar-refractivity contribution in [2.24, 2.45) is 0 Å². The van der Waals surface area contributed by atoms with Gasteiger partial charge in [0.05, 0.1) is 12.6 Å². The normalized spacial score (nSPS) is 17.2. The first-order valence-corrected chi connectivity index (χ1v) is 12.5. The van der Waals surface area contributed by atoms with Crippen LogP contribution in [0.4, 0.5) is 0 Å². The molecule has 2 aromatic rings. The van der Waals surface area contributed by atoms with Crippen LogP contribution in [-0.2, 0) is 4.79 Å². The van der Waals surface area contributed by atoms with Gasteiger partial charge < -0.3 is 29.5 Å². The smallest absolute Gasteiger partial charge is 0.220 e. The number of aliphatic hydroxyl groups is 1. The number of hydrogen-bond acceptors (Lipinski definition) is 6. The number of aliphatic hydroxyl groups excluding tert-OH is 1. The Balaban J connectivity index is 1.26. The summed E-state index contributed by atoms with van der Waals surface area (Å²) in [5.74, 6) is 2.19. The first kappa shape index (κ1) is 24.4. The Morgan fingerprint density at radius 1 is 1.00 bits per heavy atom. The fourth-order valence-electron chi connectivity index (χ4n) is 4.49. The van der Waals surface area contributed by atoms with Gasteiger partial charge >= 0.3 is 0 Å². The zero-order valence-corrected chi connectivity index (χ0v) is 19.8. The first-order chi connectivity index (χ1) is 16.7. The number of rotatable bonds is 12. The molecule has 1 amide bonds. The van der Waals surface area contributed by atoms with E-state index in [2.05, 4.69) is 10.2 Å². The van der Waals surface area contributed by atoms with E-state index in [1.165, 1.54) is 0 Å². The molecule has 7 heteroatoms. The number of amides is 1. The van der Waals surface area contributed by atoms with Gasteiger partial charge in [-0.2, -0.15) is 0 Å². The quantitative estimate of drug-likeness (QED) is 0.462. The van der Waals surface area contributed by atoms with Crippen molar-refractivity contribution >= 4 is 5.91 Å². The number of fused-ring (bicyclic) bond motifs is 1. The lowest BCUT2D eigenvalue weighted by molar-refractivity contribution is -0.123. The van der Waals surface area contributed by atoms with E-state index in [9.17, 15) is 9.90 Å². The highest BCUT2D eigenvalue weighted by Gasteiger charge is 2.27. The zero-order valence-electron chi connectivity index (χ0n) is 19.8. The maximum absolute atomic E-state index is 12.7. The van der Waals surface area contributed by atoms with E-state index in [0.29, 0.717) is 44.3 Å². The molecule has 0 aromatic heterocycles. The number of nitrogens with zero attached hydrogens (tertiary/aromatic N) is 1. The number of para-hydroxylation sites is 1. The molecule has 0 bridgehead atoms. The Kier molecular flexibility index (Phi) is 9.04. The number of unbranched alkanes of at least 4 members (excludes halogenated alkanes) is 2. The summed E-state index contributed by atoms with van der Waals surface area (Å²) in [6.07, 6.45) is 4.55. The van der Waals surface area contributed by atoms with Gasteiger partial charge in [0, 0.05) is 13.0 Å². The van der Waals surface area contributed by atoms with Crippen molar-refractivity contribution in [3.63, 3.8) is 0 Å². The minimum atomic E-state index is -0.820. The fourth-order valence-corrected chi connectivity index (χ4v) is 4.49. The average Bonchev–Trinajstić information content (AvgIpc) is 3.39. The lowest BCUT2D eigenvalue weighted by atomic mass is 10.0. The molecular weight excluding hydrogens is 432 g/mol. The monoisotopic (exact) mass is 468 g/mol. The molecule has 1 fully saturated rings. The molecule has 0 aliphatic carbocycles. The summed E-state index contributed by atoms with van der Waals surface area (Å²) >= 11 is 0. The summed E-state index contributed by atoms with van der Waals surface area (Å²) in [6, 6.07) is 14.9. The van der Waals surface area contributed by atoms with Gasteiger partial charge in [-0.3, -0.25) is 4.79 Å². The van der Waals surface area contributed by atoms with E-state index in [0.717, 1.165) is 56.5 Å². The Hall–Kier alpha value is -2.77. The van der Waals surface area contributed by atoms with Crippen LogP contribution in [0.25, 0.3) is 0 Å². The standard InChI is InChI=1S/C27H36N2O5/c30-26(11-5-2-8-16-32-22-9-3-1-4-10-22)28-23(20-29-14-6-7-15-29)27(31)21-12-13-24-25(19-21)34-18-17-33-24/h1,3-4,9-10,12-13,19,23,27,31H,2,5-8,11,14-18,20H2,(H,28,30). The molecule has 2 aliphatic heterocycles. The Morgan fingerprint density at radius 2 is 1.76 bits per heavy atom. The minimum absolute atomic E-state index is 0.0234. The highest BCUT2D eigenvalue weighted by atomic mass is 16.6. The van der Waals surface area contributed by atoms with E-state index >= 15 is 0 Å². The number of likely N-dealkylation sites (tertiary alicyclic amines) is 1. The maximum atomic E-state index is 12.7. The van der Waals surface area contributed by atoms with E-state index < -0.39 is 6.10 Å². The van der Waals surface area contributed by atoms with Crippen LogP contribution in [0.3, 0.4) is 0 Å². The van der Waals surface area contributed by atoms with Crippen molar-refractivity contribution in [1.82, 2.24) is 10.2 Å².